The van der Waals surface area contributed by atoms with E-state index in [9.17, 15) is 2.74 Å². The van der Waals surface area contributed by atoms with Crippen LogP contribution in [-0.4, -0.2) is 19.5 Å². The third kappa shape index (κ3) is 5.21. The molecule has 0 aliphatic heterocycles. The number of rotatable bonds is 6. The maximum Gasteiger partial charge on any atom is 0.166 e. The number of benzene rings is 8. The van der Waals surface area contributed by atoms with Gasteiger partial charge in [0.05, 0.1) is 24.9 Å². The molecular weight excluding hydrogens is 685 g/mol. The lowest BCUT2D eigenvalue weighted by Gasteiger charge is -2.16. The molecule has 5 nitrogen and oxygen atoms in total. The first-order chi connectivity index (χ1) is 30.2. The van der Waals surface area contributed by atoms with Crippen LogP contribution in [-0.2, 0) is 0 Å². The molecule has 8 aromatic carbocycles. The van der Waals surface area contributed by atoms with Gasteiger partial charge in [-0.2, -0.15) is 0 Å². The largest absolute Gasteiger partial charge is 0.455 e. The first-order valence-electron chi connectivity index (χ1n) is 21.3. The number of nitrogens with zero attached hydrogens (tertiary/aromatic N) is 4. The van der Waals surface area contributed by atoms with Crippen molar-refractivity contribution in [1.29, 1.82) is 0 Å². The normalized spacial score (nSPS) is 13.1. The summed E-state index contributed by atoms with van der Waals surface area (Å²) >= 11 is 0. The van der Waals surface area contributed by atoms with Gasteiger partial charge in [0, 0.05) is 43.8 Å². The van der Waals surface area contributed by atoms with Gasteiger partial charge < -0.3 is 8.98 Å². The van der Waals surface area contributed by atoms with Gasteiger partial charge in [0.15, 0.2) is 17.5 Å². The molecule has 0 atom stereocenters. The second-order valence-corrected chi connectivity index (χ2v) is 13.5. The molecule has 0 radical (unpaired) electrons. The Labute approximate surface area is 331 Å². The zero-order valence-electron chi connectivity index (χ0n) is 35.7. The van der Waals surface area contributed by atoms with Gasteiger partial charge in [-0.25, -0.2) is 15.0 Å². The molecular formula is C51H32N4O. The highest BCUT2D eigenvalue weighted by molar-refractivity contribution is 6.15. The molecule has 11 rings (SSSR count). The molecule has 11 aromatic rings. The van der Waals surface area contributed by atoms with E-state index in [2.05, 4.69) is 24.3 Å². The summed E-state index contributed by atoms with van der Waals surface area (Å²) in [6, 6.07) is 49.2. The quantitative estimate of drug-likeness (QED) is 0.171. The van der Waals surface area contributed by atoms with Gasteiger partial charge in [0.25, 0.3) is 0 Å². The van der Waals surface area contributed by atoms with Gasteiger partial charge in [-0.3, -0.25) is 0 Å². The van der Waals surface area contributed by atoms with Crippen LogP contribution in [0.4, 0.5) is 0 Å². The van der Waals surface area contributed by atoms with Crippen molar-refractivity contribution in [1.82, 2.24) is 19.5 Å². The summed E-state index contributed by atoms with van der Waals surface area (Å²) in [6.45, 7) is 0. The van der Waals surface area contributed by atoms with Crippen molar-refractivity contribution in [3.05, 3.63) is 194 Å². The second kappa shape index (κ2) is 13.0. The lowest BCUT2D eigenvalue weighted by molar-refractivity contribution is 0.670. The van der Waals surface area contributed by atoms with Gasteiger partial charge >= 0.3 is 0 Å². The van der Waals surface area contributed by atoms with Crippen LogP contribution in [0.15, 0.2) is 198 Å². The van der Waals surface area contributed by atoms with Crippen LogP contribution in [0.1, 0.15) is 8.22 Å². The SMILES string of the molecule is [2H]c1cc([2H])c2c(c1[2H])c1c([2H])c([2H])cc([2H])c1n2-c1ccc(-c2cccc3c2oc2cccc(-c4ccccc4)c23)cc1-c1nc(-c2ccccc2)nc(-c2ccccc2)n1. The molecule has 3 heterocycles. The van der Waals surface area contributed by atoms with Crippen molar-refractivity contribution >= 4 is 43.7 Å². The molecule has 0 spiro atoms. The molecule has 0 aliphatic rings. The van der Waals surface area contributed by atoms with E-state index in [-0.39, 0.29) is 58.1 Å². The van der Waals surface area contributed by atoms with Crippen molar-refractivity contribution in [2.24, 2.45) is 0 Å². The fourth-order valence-corrected chi connectivity index (χ4v) is 7.70. The minimum atomic E-state index is -0.194. The van der Waals surface area contributed by atoms with Crippen molar-refractivity contribution in [3.8, 4) is 62.1 Å². The van der Waals surface area contributed by atoms with Crippen LogP contribution in [0.3, 0.4) is 0 Å². The molecule has 0 fully saturated rings. The monoisotopic (exact) mass is 722 g/mol. The molecule has 0 amide bonds. The Kier molecular flexibility index (Phi) is 6.10. The minimum Gasteiger partial charge on any atom is -0.455 e. The van der Waals surface area contributed by atoms with E-state index in [0.717, 1.165) is 49.7 Å². The molecule has 0 unspecified atom stereocenters. The van der Waals surface area contributed by atoms with Crippen LogP contribution >= 0.6 is 0 Å². The molecule has 5 heteroatoms. The third-order valence-corrected chi connectivity index (χ3v) is 10.2. The molecule has 0 bridgehead atoms. The topological polar surface area (TPSA) is 56.7 Å². The van der Waals surface area contributed by atoms with Crippen LogP contribution < -0.4 is 0 Å². The van der Waals surface area contributed by atoms with E-state index in [4.69, 9.17) is 24.9 Å². The predicted molar refractivity (Wildman–Crippen MR) is 229 cm³/mol. The highest BCUT2D eigenvalue weighted by atomic mass is 16.3. The number of fused-ring (bicyclic) bond motifs is 6. The minimum absolute atomic E-state index is 0.0654. The summed E-state index contributed by atoms with van der Waals surface area (Å²) in [7, 11) is 0. The van der Waals surface area contributed by atoms with E-state index < -0.39 is 0 Å². The smallest absolute Gasteiger partial charge is 0.166 e. The Bertz CT molecular complexity index is 3460. The number of aromatic nitrogens is 4. The second-order valence-electron chi connectivity index (χ2n) is 13.5. The highest BCUT2D eigenvalue weighted by Crippen LogP contribution is 2.43. The Morgan fingerprint density at radius 1 is 0.429 bits per heavy atom. The molecule has 3 aromatic heterocycles. The van der Waals surface area contributed by atoms with Gasteiger partial charge in [-0.15, -0.1) is 0 Å². The Balaban J connectivity index is 1.25. The van der Waals surface area contributed by atoms with E-state index in [1.165, 1.54) is 12.1 Å². The molecule has 0 N–H and O–H groups in total. The van der Waals surface area contributed by atoms with Crippen LogP contribution in [0.2, 0.25) is 0 Å². The molecule has 262 valence electrons. The zero-order valence-corrected chi connectivity index (χ0v) is 29.7. The number of para-hydroxylation sites is 3. The number of hydrogen-bond acceptors (Lipinski definition) is 4. The Morgan fingerprint density at radius 2 is 1.00 bits per heavy atom. The average molecular weight is 723 g/mol. The van der Waals surface area contributed by atoms with E-state index in [0.29, 0.717) is 34.3 Å². The lowest BCUT2D eigenvalue weighted by atomic mass is 9.96. The zero-order chi connectivity index (χ0) is 42.2. The van der Waals surface area contributed by atoms with Crippen LogP contribution in [0, 0.1) is 0 Å². The molecule has 0 aliphatic carbocycles. The summed E-state index contributed by atoms with van der Waals surface area (Å²) < 4.78 is 62.2. The first-order valence-corrected chi connectivity index (χ1v) is 18.3. The summed E-state index contributed by atoms with van der Waals surface area (Å²) in [6.07, 6.45) is 0. The van der Waals surface area contributed by atoms with Crippen molar-refractivity contribution in [2.45, 2.75) is 0 Å². The van der Waals surface area contributed by atoms with Crippen molar-refractivity contribution in [2.75, 3.05) is 0 Å². The maximum atomic E-state index is 9.24. The average Bonchev–Trinajstić information content (AvgIpc) is 3.89. The third-order valence-electron chi connectivity index (χ3n) is 10.2. The van der Waals surface area contributed by atoms with E-state index in [1.54, 1.807) is 4.57 Å². The summed E-state index contributed by atoms with van der Waals surface area (Å²) in [5.74, 6) is 1.17. The van der Waals surface area contributed by atoms with Crippen LogP contribution in [0.5, 0.6) is 0 Å². The standard InChI is InChI=1S/C51H32N4O/c1-4-16-33(17-5-1)37-24-15-29-46-47(37)41-26-14-25-38(48(41)56-46)36-30-31-45(55-43-27-12-10-22-39(43)40-23-11-13-28-44(40)55)42(32-36)51-53-49(34-18-6-2-7-19-34)52-50(54-51)35-20-8-3-9-21-35/h1-32H/i10D,11D,22D,23D,27D,28D. The van der Waals surface area contributed by atoms with Gasteiger partial charge in [-0.05, 0) is 47.0 Å². The molecule has 0 saturated carbocycles. The van der Waals surface area contributed by atoms with Gasteiger partial charge in [0.1, 0.15) is 11.2 Å². The molecule has 0 saturated heterocycles. The lowest BCUT2D eigenvalue weighted by Crippen LogP contribution is -2.04. The Morgan fingerprint density at radius 3 is 1.64 bits per heavy atom. The van der Waals surface area contributed by atoms with E-state index in [1.807, 2.05) is 121 Å². The summed E-state index contributed by atoms with van der Waals surface area (Å²) in [5, 5.41) is 2.27. The van der Waals surface area contributed by atoms with Crippen molar-refractivity contribution in [3.63, 3.8) is 0 Å². The summed E-state index contributed by atoms with van der Waals surface area (Å²) in [4.78, 5) is 15.2. The van der Waals surface area contributed by atoms with Crippen molar-refractivity contribution < 1.29 is 12.6 Å². The number of furan rings is 1. The Hall–Kier alpha value is -7.63. The first kappa shape index (κ1) is 26.2. The number of hydrogen-bond donors (Lipinski definition) is 0. The molecule has 56 heavy (non-hydrogen) atoms. The highest BCUT2D eigenvalue weighted by Gasteiger charge is 2.22. The van der Waals surface area contributed by atoms with Gasteiger partial charge in [0.2, 0.25) is 0 Å². The summed E-state index contributed by atoms with van der Waals surface area (Å²) in [5.41, 5.74) is 8.16. The maximum absolute atomic E-state index is 9.24. The fourth-order valence-electron chi connectivity index (χ4n) is 7.70. The van der Waals surface area contributed by atoms with Crippen LogP contribution in [0.25, 0.3) is 106 Å². The van der Waals surface area contributed by atoms with Gasteiger partial charge in [-0.1, -0.05) is 164 Å². The predicted octanol–water partition coefficient (Wildman–Crippen LogP) is 13.2. The van der Waals surface area contributed by atoms with E-state index >= 15 is 0 Å². The fraction of sp³-hybridized carbons (Fsp3) is 0.